The summed E-state index contributed by atoms with van der Waals surface area (Å²) in [4.78, 5) is 9.11. The summed E-state index contributed by atoms with van der Waals surface area (Å²) in [5.41, 5.74) is 1.89. The molecule has 1 aliphatic heterocycles. The van der Waals surface area contributed by atoms with Gasteiger partial charge in [0.15, 0.2) is 5.65 Å². The van der Waals surface area contributed by atoms with Crippen molar-refractivity contribution in [2.24, 2.45) is 0 Å². The fourth-order valence-corrected chi connectivity index (χ4v) is 4.20. The van der Waals surface area contributed by atoms with Gasteiger partial charge in [-0.3, -0.25) is 0 Å². The van der Waals surface area contributed by atoms with Crippen LogP contribution in [0.25, 0.3) is 5.65 Å². The third-order valence-corrected chi connectivity index (χ3v) is 5.80. The van der Waals surface area contributed by atoms with E-state index >= 15 is 0 Å². The molecule has 3 aromatic rings. The van der Waals surface area contributed by atoms with Crippen LogP contribution < -0.4 is 9.80 Å². The predicted molar refractivity (Wildman–Crippen MR) is 94.0 cm³/mol. The van der Waals surface area contributed by atoms with Crippen molar-refractivity contribution in [2.75, 3.05) is 36.0 Å². The number of aromatic nitrogens is 5. The number of hydrogen-bond donors (Lipinski definition) is 0. The molecular weight excluding hydrogens is 322 g/mol. The Bertz CT molecular complexity index is 874. The number of imidazole rings is 1. The third-order valence-electron chi connectivity index (χ3n) is 4.66. The summed E-state index contributed by atoms with van der Waals surface area (Å²) >= 11 is 1.77. The smallest absolute Gasteiger partial charge is 0.208 e. The quantitative estimate of drug-likeness (QED) is 0.727. The number of aryl methyl sites for hydroxylation is 1. The second kappa shape index (κ2) is 5.41. The first-order valence-corrected chi connectivity index (χ1v) is 9.24. The first kappa shape index (κ1) is 14.2. The van der Waals surface area contributed by atoms with E-state index < -0.39 is 0 Å². The second-order valence-electron chi connectivity index (χ2n) is 6.55. The van der Waals surface area contributed by atoms with E-state index in [0.29, 0.717) is 5.92 Å². The largest absolute Gasteiger partial charge is 0.352 e. The highest BCUT2D eigenvalue weighted by molar-refractivity contribution is 7.15. The first-order valence-electron chi connectivity index (χ1n) is 8.42. The molecule has 0 N–H and O–H groups in total. The van der Waals surface area contributed by atoms with Crippen LogP contribution >= 0.6 is 11.3 Å². The summed E-state index contributed by atoms with van der Waals surface area (Å²) in [6, 6.07) is 4.10. The number of rotatable bonds is 3. The maximum atomic E-state index is 4.69. The zero-order chi connectivity index (χ0) is 16.1. The molecule has 0 spiro atoms. The van der Waals surface area contributed by atoms with Crippen molar-refractivity contribution >= 4 is 27.9 Å². The lowest BCUT2D eigenvalue weighted by atomic mass is 10.3. The summed E-state index contributed by atoms with van der Waals surface area (Å²) in [6.07, 6.45) is 4.53. The molecule has 2 aliphatic rings. The number of anilines is 2. The van der Waals surface area contributed by atoms with E-state index in [4.69, 9.17) is 0 Å². The average Bonchev–Trinajstić information content (AvgIpc) is 3.21. The second-order valence-corrected chi connectivity index (χ2v) is 7.54. The van der Waals surface area contributed by atoms with Gasteiger partial charge in [-0.2, -0.15) is 0 Å². The first-order chi connectivity index (χ1) is 11.8. The van der Waals surface area contributed by atoms with Crippen LogP contribution in [0.15, 0.2) is 18.3 Å². The number of fused-ring (bicyclic) bond motifs is 1. The highest BCUT2D eigenvalue weighted by atomic mass is 32.1. The van der Waals surface area contributed by atoms with Gasteiger partial charge in [0, 0.05) is 32.1 Å². The molecule has 124 valence electrons. The van der Waals surface area contributed by atoms with Crippen molar-refractivity contribution in [1.29, 1.82) is 0 Å². The summed E-state index contributed by atoms with van der Waals surface area (Å²) in [7, 11) is 0. The Kier molecular flexibility index (Phi) is 3.19. The molecule has 0 amide bonds. The number of piperazine rings is 1. The lowest BCUT2D eigenvalue weighted by molar-refractivity contribution is 0.638. The molecule has 0 aromatic carbocycles. The van der Waals surface area contributed by atoms with Gasteiger partial charge in [0.2, 0.25) is 5.13 Å². The third kappa shape index (κ3) is 2.50. The van der Waals surface area contributed by atoms with Crippen molar-refractivity contribution < 1.29 is 0 Å². The van der Waals surface area contributed by atoms with Crippen LogP contribution in [-0.4, -0.2) is 51.0 Å². The molecule has 1 aliphatic carbocycles. The lowest BCUT2D eigenvalue weighted by Crippen LogP contribution is -2.47. The van der Waals surface area contributed by atoms with E-state index in [1.807, 2.05) is 23.7 Å². The normalized spacial score (nSPS) is 18.5. The van der Waals surface area contributed by atoms with Crippen molar-refractivity contribution in [3.63, 3.8) is 0 Å². The SMILES string of the molecule is Cc1cn2nc(N3CCN(c4nnc(C5CC5)s4)CC3)ccc2n1. The average molecular weight is 341 g/mol. The molecule has 8 heteroatoms. The molecule has 24 heavy (non-hydrogen) atoms. The van der Waals surface area contributed by atoms with Gasteiger partial charge in [-0.05, 0) is 31.9 Å². The Balaban J connectivity index is 1.29. The summed E-state index contributed by atoms with van der Waals surface area (Å²) in [6.45, 7) is 5.81. The highest BCUT2D eigenvalue weighted by Gasteiger charge is 2.29. The number of hydrogen-bond acceptors (Lipinski definition) is 7. The summed E-state index contributed by atoms with van der Waals surface area (Å²) in [5, 5.41) is 15.7. The van der Waals surface area contributed by atoms with Gasteiger partial charge in [0.25, 0.3) is 0 Å². The van der Waals surface area contributed by atoms with Gasteiger partial charge in [0.05, 0.1) is 11.9 Å². The molecule has 4 heterocycles. The van der Waals surface area contributed by atoms with Gasteiger partial charge in [0.1, 0.15) is 10.8 Å². The van der Waals surface area contributed by atoms with E-state index in [1.165, 1.54) is 17.8 Å². The van der Waals surface area contributed by atoms with E-state index in [0.717, 1.165) is 48.5 Å². The van der Waals surface area contributed by atoms with E-state index in [-0.39, 0.29) is 0 Å². The van der Waals surface area contributed by atoms with Gasteiger partial charge < -0.3 is 9.80 Å². The van der Waals surface area contributed by atoms with Crippen LogP contribution in [0.2, 0.25) is 0 Å². The number of nitrogens with zero attached hydrogens (tertiary/aromatic N) is 7. The molecule has 7 nitrogen and oxygen atoms in total. The predicted octanol–water partition coefficient (Wildman–Crippen LogP) is 2.09. The van der Waals surface area contributed by atoms with Crippen molar-refractivity contribution in [3.8, 4) is 0 Å². The zero-order valence-corrected chi connectivity index (χ0v) is 14.4. The molecule has 2 fully saturated rings. The molecule has 0 bridgehead atoms. The minimum atomic E-state index is 0.687. The standard InChI is InChI=1S/C16H19N7S/c1-11-10-23-13(17-11)4-5-14(20-23)21-6-8-22(9-7-21)16-19-18-15(24-16)12-2-3-12/h4-5,10,12H,2-3,6-9H2,1H3. The molecule has 1 saturated heterocycles. The molecule has 0 radical (unpaired) electrons. The highest BCUT2D eigenvalue weighted by Crippen LogP contribution is 2.42. The van der Waals surface area contributed by atoms with Gasteiger partial charge in [-0.15, -0.1) is 15.3 Å². The lowest BCUT2D eigenvalue weighted by Gasteiger charge is -2.34. The molecule has 1 saturated carbocycles. The Labute approximate surface area is 143 Å². The minimum absolute atomic E-state index is 0.687. The van der Waals surface area contributed by atoms with Crippen LogP contribution in [0.4, 0.5) is 10.9 Å². The Hall–Kier alpha value is -2.22. The fourth-order valence-electron chi connectivity index (χ4n) is 3.14. The maximum absolute atomic E-state index is 4.69. The molecule has 5 rings (SSSR count). The summed E-state index contributed by atoms with van der Waals surface area (Å²) in [5.74, 6) is 1.70. The van der Waals surface area contributed by atoms with Crippen LogP contribution in [0.5, 0.6) is 0 Å². The molecule has 0 unspecified atom stereocenters. The monoisotopic (exact) mass is 341 g/mol. The zero-order valence-electron chi connectivity index (χ0n) is 13.6. The Morgan fingerprint density at radius 1 is 1.04 bits per heavy atom. The van der Waals surface area contributed by atoms with E-state index in [1.54, 1.807) is 11.3 Å². The Morgan fingerprint density at radius 2 is 1.83 bits per heavy atom. The van der Waals surface area contributed by atoms with Crippen LogP contribution in [0.3, 0.4) is 0 Å². The van der Waals surface area contributed by atoms with Crippen LogP contribution in [-0.2, 0) is 0 Å². The van der Waals surface area contributed by atoms with Gasteiger partial charge in [-0.1, -0.05) is 11.3 Å². The Morgan fingerprint density at radius 3 is 2.62 bits per heavy atom. The molecule has 3 aromatic heterocycles. The van der Waals surface area contributed by atoms with Crippen molar-refractivity contribution in [1.82, 2.24) is 24.8 Å². The molecular formula is C16H19N7S. The summed E-state index contributed by atoms with van der Waals surface area (Å²) < 4.78 is 1.86. The van der Waals surface area contributed by atoms with Crippen molar-refractivity contribution in [2.45, 2.75) is 25.7 Å². The van der Waals surface area contributed by atoms with E-state index in [9.17, 15) is 0 Å². The van der Waals surface area contributed by atoms with E-state index in [2.05, 4.69) is 36.1 Å². The van der Waals surface area contributed by atoms with Crippen LogP contribution in [0.1, 0.15) is 29.5 Å². The fraction of sp³-hybridized carbons (Fsp3) is 0.500. The minimum Gasteiger partial charge on any atom is -0.352 e. The topological polar surface area (TPSA) is 62.5 Å². The maximum Gasteiger partial charge on any atom is 0.208 e. The van der Waals surface area contributed by atoms with Crippen molar-refractivity contribution in [3.05, 3.63) is 29.0 Å². The van der Waals surface area contributed by atoms with Gasteiger partial charge in [-0.25, -0.2) is 9.50 Å². The molecule has 0 atom stereocenters. The van der Waals surface area contributed by atoms with Crippen LogP contribution in [0, 0.1) is 6.92 Å². The van der Waals surface area contributed by atoms with Gasteiger partial charge >= 0.3 is 0 Å².